The van der Waals surface area contributed by atoms with Gasteiger partial charge in [-0.15, -0.1) is 0 Å². The highest BCUT2D eigenvalue weighted by atomic mass is 79.9. The molecular weight excluding hydrogens is 595 g/mol. The Morgan fingerprint density at radius 2 is 1.79 bits per heavy atom. The number of hydrogen-bond donors (Lipinski definition) is 1. The first-order valence-electron chi connectivity index (χ1n) is 9.43. The summed E-state index contributed by atoms with van der Waals surface area (Å²) in [4.78, 5) is 12.6. The summed E-state index contributed by atoms with van der Waals surface area (Å²) in [7, 11) is 1.52. The van der Waals surface area contributed by atoms with Crippen LogP contribution in [0.5, 0.6) is 11.5 Å². The van der Waals surface area contributed by atoms with Crippen LogP contribution in [0.15, 0.2) is 69.1 Å². The lowest BCUT2D eigenvalue weighted by molar-refractivity contribution is -0.112. The van der Waals surface area contributed by atoms with Crippen LogP contribution in [-0.4, -0.2) is 13.0 Å². The molecule has 0 heterocycles. The number of methoxy groups -OCH3 is 1. The van der Waals surface area contributed by atoms with Crippen molar-refractivity contribution in [1.29, 1.82) is 5.26 Å². The molecule has 0 aliphatic heterocycles. The average molecular weight is 611 g/mol. The number of nitrogens with one attached hydrogen (secondary N) is 1. The predicted molar refractivity (Wildman–Crippen MR) is 138 cm³/mol. The van der Waals surface area contributed by atoms with Gasteiger partial charge in [0.1, 0.15) is 18.2 Å². The zero-order chi connectivity index (χ0) is 24.0. The van der Waals surface area contributed by atoms with E-state index in [4.69, 9.17) is 32.7 Å². The molecular formula is C24H16Br2Cl2N2O3. The van der Waals surface area contributed by atoms with Crippen molar-refractivity contribution in [3.8, 4) is 17.6 Å². The van der Waals surface area contributed by atoms with Crippen molar-refractivity contribution in [1.82, 2.24) is 0 Å². The molecule has 1 amide bonds. The number of carbonyl (C=O) groups excluding carboxylic acids is 1. The van der Waals surface area contributed by atoms with Crippen molar-refractivity contribution in [3.05, 3.63) is 90.3 Å². The Kier molecular flexibility index (Phi) is 8.81. The maximum Gasteiger partial charge on any atom is 0.266 e. The van der Waals surface area contributed by atoms with Crippen molar-refractivity contribution >= 4 is 72.7 Å². The van der Waals surface area contributed by atoms with Crippen molar-refractivity contribution < 1.29 is 14.3 Å². The zero-order valence-corrected chi connectivity index (χ0v) is 21.8. The highest BCUT2D eigenvalue weighted by Gasteiger charge is 2.14. The molecule has 3 aromatic carbocycles. The summed E-state index contributed by atoms with van der Waals surface area (Å²) < 4.78 is 13.0. The standard InChI is InChI=1S/C24H16Br2Cl2N2O3/c1-32-22-9-15(19(26)11-23(22)33-13-14-2-4-17(25)5-3-14)8-16(12-29)24(31)30-18-6-7-20(27)21(28)10-18/h2-11H,13H2,1H3,(H,30,31)/b16-8+. The highest BCUT2D eigenvalue weighted by molar-refractivity contribution is 9.10. The lowest BCUT2D eigenvalue weighted by Crippen LogP contribution is -2.13. The lowest BCUT2D eigenvalue weighted by Gasteiger charge is -2.13. The number of hydrogen-bond acceptors (Lipinski definition) is 4. The van der Waals surface area contributed by atoms with Gasteiger partial charge in [0.05, 0.1) is 17.2 Å². The van der Waals surface area contributed by atoms with Crippen LogP contribution in [0.2, 0.25) is 10.0 Å². The molecule has 3 aromatic rings. The van der Waals surface area contributed by atoms with Crippen LogP contribution in [-0.2, 0) is 11.4 Å². The predicted octanol–water partition coefficient (Wildman–Crippen LogP) is 7.65. The van der Waals surface area contributed by atoms with E-state index in [0.29, 0.717) is 43.9 Å². The van der Waals surface area contributed by atoms with Gasteiger partial charge in [0, 0.05) is 14.6 Å². The van der Waals surface area contributed by atoms with Gasteiger partial charge in [-0.05, 0) is 59.7 Å². The topological polar surface area (TPSA) is 71.3 Å². The van der Waals surface area contributed by atoms with Crippen molar-refractivity contribution in [2.75, 3.05) is 12.4 Å². The van der Waals surface area contributed by atoms with E-state index in [-0.39, 0.29) is 5.57 Å². The molecule has 0 spiro atoms. The average Bonchev–Trinajstić information content (AvgIpc) is 2.80. The first kappa shape index (κ1) is 25.1. The number of halogens is 4. The Labute approximate surface area is 218 Å². The van der Waals surface area contributed by atoms with E-state index in [9.17, 15) is 10.1 Å². The first-order chi connectivity index (χ1) is 15.8. The third-order valence-electron chi connectivity index (χ3n) is 4.43. The van der Waals surface area contributed by atoms with Crippen LogP contribution in [0.1, 0.15) is 11.1 Å². The maximum absolute atomic E-state index is 12.6. The van der Waals surface area contributed by atoms with Gasteiger partial charge in [-0.3, -0.25) is 4.79 Å². The fourth-order valence-corrected chi connectivity index (χ4v) is 3.75. The van der Waals surface area contributed by atoms with Gasteiger partial charge in [-0.25, -0.2) is 0 Å². The second kappa shape index (κ2) is 11.6. The molecule has 0 fully saturated rings. The van der Waals surface area contributed by atoms with Crippen LogP contribution in [0.25, 0.3) is 6.08 Å². The van der Waals surface area contributed by atoms with E-state index in [1.807, 2.05) is 30.3 Å². The number of amides is 1. The number of benzene rings is 3. The Bertz CT molecular complexity index is 1260. The number of ether oxygens (including phenoxy) is 2. The normalized spacial score (nSPS) is 11.0. The Balaban J connectivity index is 1.81. The quantitative estimate of drug-likeness (QED) is 0.220. The Hall–Kier alpha value is -2.50. The van der Waals surface area contributed by atoms with Gasteiger partial charge >= 0.3 is 0 Å². The Morgan fingerprint density at radius 1 is 1.06 bits per heavy atom. The number of nitrogens with zero attached hydrogens (tertiary/aromatic N) is 1. The van der Waals surface area contributed by atoms with Crippen molar-refractivity contribution in [2.45, 2.75) is 6.61 Å². The maximum atomic E-state index is 12.6. The summed E-state index contributed by atoms with van der Waals surface area (Å²) in [6.07, 6.45) is 1.46. The number of nitriles is 1. The highest BCUT2D eigenvalue weighted by Crippen LogP contribution is 2.35. The summed E-state index contributed by atoms with van der Waals surface area (Å²) >= 11 is 18.8. The van der Waals surface area contributed by atoms with Gasteiger partial charge in [0.2, 0.25) is 0 Å². The fourth-order valence-electron chi connectivity index (χ4n) is 2.75. The van der Waals surface area contributed by atoms with E-state index >= 15 is 0 Å². The second-order valence-corrected chi connectivity index (χ2v) is 9.28. The summed E-state index contributed by atoms with van der Waals surface area (Å²) in [6.45, 7) is 0.348. The monoisotopic (exact) mass is 608 g/mol. The van der Waals surface area contributed by atoms with Gasteiger partial charge in [0.15, 0.2) is 11.5 Å². The van der Waals surface area contributed by atoms with Crippen molar-refractivity contribution in [3.63, 3.8) is 0 Å². The molecule has 0 bridgehead atoms. The summed E-state index contributed by atoms with van der Waals surface area (Å²) in [6, 6.07) is 17.8. The molecule has 0 saturated heterocycles. The van der Waals surface area contributed by atoms with Crippen LogP contribution >= 0.6 is 55.1 Å². The molecule has 33 heavy (non-hydrogen) atoms. The minimum Gasteiger partial charge on any atom is -0.493 e. The zero-order valence-electron chi connectivity index (χ0n) is 17.2. The molecule has 0 radical (unpaired) electrons. The molecule has 9 heteroatoms. The van der Waals surface area contributed by atoms with Gasteiger partial charge < -0.3 is 14.8 Å². The SMILES string of the molecule is COc1cc(/C=C(\C#N)C(=O)Nc2ccc(Cl)c(Cl)c2)c(Br)cc1OCc1ccc(Br)cc1. The molecule has 1 N–H and O–H groups in total. The van der Waals surface area contributed by atoms with Crippen LogP contribution in [0.4, 0.5) is 5.69 Å². The minimum atomic E-state index is -0.586. The number of carbonyl (C=O) groups is 1. The van der Waals surface area contributed by atoms with E-state index < -0.39 is 5.91 Å². The summed E-state index contributed by atoms with van der Waals surface area (Å²) in [5.41, 5.74) is 1.88. The summed E-state index contributed by atoms with van der Waals surface area (Å²) in [5.74, 6) is 0.393. The van der Waals surface area contributed by atoms with Gasteiger partial charge in [0.25, 0.3) is 5.91 Å². The van der Waals surface area contributed by atoms with Crippen LogP contribution < -0.4 is 14.8 Å². The van der Waals surface area contributed by atoms with E-state index in [1.165, 1.54) is 19.3 Å². The second-order valence-electron chi connectivity index (χ2n) is 6.69. The third-order valence-corrected chi connectivity index (χ3v) is 6.39. The minimum absolute atomic E-state index is 0.104. The molecule has 5 nitrogen and oxygen atoms in total. The molecule has 0 atom stereocenters. The third kappa shape index (κ3) is 6.75. The molecule has 0 unspecified atom stereocenters. The fraction of sp³-hybridized carbons (Fsp3) is 0.0833. The number of rotatable bonds is 7. The Morgan fingerprint density at radius 3 is 2.42 bits per heavy atom. The number of anilines is 1. The van der Waals surface area contributed by atoms with Crippen LogP contribution in [0.3, 0.4) is 0 Å². The molecule has 3 rings (SSSR count). The largest absolute Gasteiger partial charge is 0.493 e. The lowest BCUT2D eigenvalue weighted by atomic mass is 10.1. The van der Waals surface area contributed by atoms with Crippen LogP contribution in [0, 0.1) is 11.3 Å². The summed E-state index contributed by atoms with van der Waals surface area (Å²) in [5, 5.41) is 12.8. The van der Waals surface area contributed by atoms with Crippen molar-refractivity contribution in [2.24, 2.45) is 0 Å². The first-order valence-corrected chi connectivity index (χ1v) is 11.8. The molecule has 0 aliphatic rings. The van der Waals surface area contributed by atoms with E-state index in [1.54, 1.807) is 24.3 Å². The van der Waals surface area contributed by atoms with E-state index in [2.05, 4.69) is 37.2 Å². The van der Waals surface area contributed by atoms with E-state index in [0.717, 1.165) is 10.0 Å². The van der Waals surface area contributed by atoms with Gasteiger partial charge in [-0.1, -0.05) is 67.2 Å². The van der Waals surface area contributed by atoms with Gasteiger partial charge in [-0.2, -0.15) is 5.26 Å². The molecule has 0 aliphatic carbocycles. The smallest absolute Gasteiger partial charge is 0.266 e. The molecule has 0 aromatic heterocycles. The molecule has 168 valence electrons. The molecule has 0 saturated carbocycles.